The first kappa shape index (κ1) is 19.0. The highest BCUT2D eigenvalue weighted by Gasteiger charge is 2.10. The van der Waals surface area contributed by atoms with Gasteiger partial charge in [0.05, 0.1) is 0 Å². The van der Waals surface area contributed by atoms with Gasteiger partial charge >= 0.3 is 6.03 Å². The monoisotopic (exact) mass is 319 g/mol. The van der Waals surface area contributed by atoms with E-state index in [1.165, 1.54) is 0 Å². The van der Waals surface area contributed by atoms with E-state index in [1.54, 1.807) is 24.3 Å². The number of benzene rings is 1. The van der Waals surface area contributed by atoms with Crippen molar-refractivity contribution in [2.24, 2.45) is 5.92 Å². The normalized spacial score (nSPS) is 12.1. The summed E-state index contributed by atoms with van der Waals surface area (Å²) in [6.07, 6.45) is 2.04. The summed E-state index contributed by atoms with van der Waals surface area (Å²) in [5, 5.41) is 8.53. The van der Waals surface area contributed by atoms with Gasteiger partial charge in [0.15, 0.2) is 0 Å². The van der Waals surface area contributed by atoms with Crippen LogP contribution in [0, 0.1) is 5.92 Å². The molecule has 1 rings (SSSR count). The van der Waals surface area contributed by atoms with Crippen LogP contribution in [0.3, 0.4) is 0 Å². The number of carbonyl (C=O) groups excluding carboxylic acids is 2. The molecule has 0 aliphatic carbocycles. The van der Waals surface area contributed by atoms with Crippen LogP contribution in [0.4, 0.5) is 10.5 Å². The molecule has 5 nitrogen and oxygen atoms in total. The number of hydrogen-bond acceptors (Lipinski definition) is 2. The smallest absolute Gasteiger partial charge is 0.319 e. The molecule has 1 atom stereocenters. The molecule has 128 valence electrons. The van der Waals surface area contributed by atoms with E-state index in [1.807, 2.05) is 20.8 Å². The predicted molar refractivity (Wildman–Crippen MR) is 94.7 cm³/mol. The molecule has 0 bridgehead atoms. The van der Waals surface area contributed by atoms with Crippen molar-refractivity contribution in [3.63, 3.8) is 0 Å². The zero-order valence-electron chi connectivity index (χ0n) is 14.8. The van der Waals surface area contributed by atoms with Crippen LogP contribution in [0.25, 0.3) is 0 Å². The quantitative estimate of drug-likeness (QED) is 0.716. The van der Waals surface area contributed by atoms with E-state index in [9.17, 15) is 9.59 Å². The second kappa shape index (κ2) is 9.18. The maximum absolute atomic E-state index is 11.9. The summed E-state index contributed by atoms with van der Waals surface area (Å²) in [6.45, 7) is 10.2. The number of nitrogens with one attached hydrogen (secondary N) is 3. The van der Waals surface area contributed by atoms with Crippen LogP contribution in [-0.4, -0.2) is 24.0 Å². The first-order valence-electron chi connectivity index (χ1n) is 8.26. The minimum absolute atomic E-state index is 0.0957. The van der Waals surface area contributed by atoms with E-state index in [4.69, 9.17) is 0 Å². The van der Waals surface area contributed by atoms with Gasteiger partial charge in [-0.2, -0.15) is 0 Å². The van der Waals surface area contributed by atoms with Crippen molar-refractivity contribution >= 4 is 17.6 Å². The van der Waals surface area contributed by atoms with Crippen molar-refractivity contribution in [1.82, 2.24) is 10.6 Å². The van der Waals surface area contributed by atoms with Gasteiger partial charge in [-0.05, 0) is 63.8 Å². The van der Waals surface area contributed by atoms with E-state index in [0.717, 1.165) is 12.8 Å². The molecule has 5 heteroatoms. The molecule has 0 spiro atoms. The van der Waals surface area contributed by atoms with Crippen LogP contribution in [0.15, 0.2) is 24.3 Å². The predicted octanol–water partition coefficient (Wildman–Crippen LogP) is 3.77. The minimum Gasteiger partial charge on any atom is -0.350 e. The number of amides is 3. The summed E-state index contributed by atoms with van der Waals surface area (Å²) >= 11 is 0. The van der Waals surface area contributed by atoms with Gasteiger partial charge in [0.25, 0.3) is 5.91 Å². The zero-order valence-corrected chi connectivity index (χ0v) is 14.8. The van der Waals surface area contributed by atoms with Gasteiger partial charge in [0.1, 0.15) is 0 Å². The molecule has 0 radical (unpaired) electrons. The van der Waals surface area contributed by atoms with Gasteiger partial charge < -0.3 is 16.0 Å². The van der Waals surface area contributed by atoms with Gasteiger partial charge in [0, 0.05) is 23.3 Å². The Balaban J connectivity index is 2.48. The third-order valence-electron chi connectivity index (χ3n) is 3.38. The molecule has 0 heterocycles. The number of carbonyl (C=O) groups is 2. The summed E-state index contributed by atoms with van der Waals surface area (Å²) in [5.74, 6) is 0.519. The average Bonchev–Trinajstić information content (AvgIpc) is 2.45. The van der Waals surface area contributed by atoms with Gasteiger partial charge in [-0.15, -0.1) is 0 Å². The van der Waals surface area contributed by atoms with Crippen LogP contribution in [0.2, 0.25) is 0 Å². The molecule has 0 aromatic heterocycles. The summed E-state index contributed by atoms with van der Waals surface area (Å²) in [5.41, 5.74) is 1.25. The molecule has 1 aromatic carbocycles. The molecule has 1 unspecified atom stereocenters. The summed E-state index contributed by atoms with van der Waals surface area (Å²) in [4.78, 5) is 23.8. The van der Waals surface area contributed by atoms with E-state index >= 15 is 0 Å². The first-order valence-corrected chi connectivity index (χ1v) is 8.26. The minimum atomic E-state index is -0.222. The molecule has 1 aromatic rings. The molecule has 23 heavy (non-hydrogen) atoms. The van der Waals surface area contributed by atoms with Crippen molar-refractivity contribution in [2.45, 2.75) is 59.5 Å². The fourth-order valence-corrected chi connectivity index (χ4v) is 2.10. The molecular formula is C18H29N3O2. The van der Waals surface area contributed by atoms with Crippen molar-refractivity contribution < 1.29 is 9.59 Å². The lowest BCUT2D eigenvalue weighted by molar-refractivity contribution is 0.0943. The molecule has 0 saturated carbocycles. The standard InChI is InChI=1S/C18H29N3O2/c1-12(2)6-7-14(5)20-18(23)21-16-10-8-15(9-11-16)17(22)19-13(3)4/h8-14H,6-7H2,1-5H3,(H,19,22)(H2,20,21,23). The summed E-state index contributed by atoms with van der Waals surface area (Å²) in [6, 6.07) is 6.87. The van der Waals surface area contributed by atoms with E-state index < -0.39 is 0 Å². The second-order valence-electron chi connectivity index (χ2n) is 6.68. The van der Waals surface area contributed by atoms with Crippen LogP contribution < -0.4 is 16.0 Å². The topological polar surface area (TPSA) is 70.2 Å². The Morgan fingerprint density at radius 1 is 0.913 bits per heavy atom. The second-order valence-corrected chi connectivity index (χ2v) is 6.68. The molecule has 3 amide bonds. The first-order chi connectivity index (χ1) is 10.8. The van der Waals surface area contributed by atoms with Gasteiger partial charge in [-0.3, -0.25) is 4.79 Å². The highest BCUT2D eigenvalue weighted by Crippen LogP contribution is 2.10. The maximum Gasteiger partial charge on any atom is 0.319 e. The van der Waals surface area contributed by atoms with Crippen LogP contribution >= 0.6 is 0 Å². The Morgan fingerprint density at radius 3 is 2.04 bits per heavy atom. The third-order valence-corrected chi connectivity index (χ3v) is 3.38. The number of anilines is 1. The molecule has 3 N–H and O–H groups in total. The SMILES string of the molecule is CC(C)CCC(C)NC(=O)Nc1ccc(C(=O)NC(C)C)cc1. The van der Waals surface area contributed by atoms with Crippen LogP contribution in [0.1, 0.15) is 57.8 Å². The zero-order chi connectivity index (χ0) is 17.4. The van der Waals surface area contributed by atoms with Crippen molar-refractivity contribution in [3.8, 4) is 0 Å². The van der Waals surface area contributed by atoms with E-state index in [0.29, 0.717) is 17.2 Å². The average molecular weight is 319 g/mol. The molecule has 0 saturated heterocycles. The van der Waals surface area contributed by atoms with Gasteiger partial charge in [-0.1, -0.05) is 13.8 Å². The van der Waals surface area contributed by atoms with Gasteiger partial charge in [-0.25, -0.2) is 4.79 Å². The molecule has 0 aliphatic rings. The Hall–Kier alpha value is -2.04. The largest absolute Gasteiger partial charge is 0.350 e. The summed E-state index contributed by atoms with van der Waals surface area (Å²) < 4.78 is 0. The van der Waals surface area contributed by atoms with Crippen LogP contribution in [0.5, 0.6) is 0 Å². The van der Waals surface area contributed by atoms with Crippen molar-refractivity contribution in [3.05, 3.63) is 29.8 Å². The van der Waals surface area contributed by atoms with Crippen molar-refractivity contribution in [2.75, 3.05) is 5.32 Å². The number of hydrogen-bond donors (Lipinski definition) is 3. The van der Waals surface area contributed by atoms with Gasteiger partial charge in [0.2, 0.25) is 0 Å². The highest BCUT2D eigenvalue weighted by atomic mass is 16.2. The lowest BCUT2D eigenvalue weighted by atomic mass is 10.0. The summed E-state index contributed by atoms with van der Waals surface area (Å²) in [7, 11) is 0. The lowest BCUT2D eigenvalue weighted by Crippen LogP contribution is -2.36. The van der Waals surface area contributed by atoms with Crippen LogP contribution in [-0.2, 0) is 0 Å². The molecule has 0 aliphatic heterocycles. The Labute approximate surface area is 139 Å². The molecule has 0 fully saturated rings. The highest BCUT2D eigenvalue weighted by molar-refractivity contribution is 5.95. The van der Waals surface area contributed by atoms with Crippen molar-refractivity contribution in [1.29, 1.82) is 0 Å². The van der Waals surface area contributed by atoms with E-state index in [-0.39, 0.29) is 24.0 Å². The third kappa shape index (κ3) is 7.68. The molecular weight excluding hydrogens is 290 g/mol. The van der Waals surface area contributed by atoms with E-state index in [2.05, 4.69) is 29.8 Å². The number of rotatable bonds is 7. The fraction of sp³-hybridized carbons (Fsp3) is 0.556. The fourth-order valence-electron chi connectivity index (χ4n) is 2.10. The lowest BCUT2D eigenvalue weighted by Gasteiger charge is -2.16. The maximum atomic E-state index is 11.9. The Bertz CT molecular complexity index is 510. The Kier molecular flexibility index (Phi) is 7.59. The Morgan fingerprint density at radius 2 is 1.52 bits per heavy atom. The number of urea groups is 1.